The summed E-state index contributed by atoms with van der Waals surface area (Å²) in [5.41, 5.74) is 0.0511. The lowest BCUT2D eigenvalue weighted by molar-refractivity contribution is -0.160. The number of hydrogen-bond donors (Lipinski definition) is 0. The quantitative estimate of drug-likeness (QED) is 0.475. The van der Waals surface area contributed by atoms with Gasteiger partial charge in [-0.15, -0.1) is 0 Å². The Labute approximate surface area is 159 Å². The third-order valence-corrected chi connectivity index (χ3v) is 2.57. The Morgan fingerprint density at radius 3 is 1.96 bits per heavy atom. The zero-order valence-electron chi connectivity index (χ0n) is 17.5. The van der Waals surface area contributed by atoms with Gasteiger partial charge in [-0.2, -0.15) is 0 Å². The molecule has 0 saturated carbocycles. The third kappa shape index (κ3) is 15.6. The Hall–Kier alpha value is -1.88. The lowest BCUT2D eigenvalue weighted by atomic mass is 10.2. The van der Waals surface area contributed by atoms with Crippen molar-refractivity contribution < 1.29 is 23.8 Å². The molecule has 0 radical (unpaired) electrons. The summed E-state index contributed by atoms with van der Waals surface area (Å²) in [6.07, 6.45) is 1.40. The largest absolute Gasteiger partial charge is 0.462 e. The number of carbonyl (C=O) groups excluding carboxylic acids is 2. The molecule has 0 bridgehead atoms. The monoisotopic (exact) mass is 368 g/mol. The van der Waals surface area contributed by atoms with Crippen LogP contribution < -0.4 is 0 Å². The van der Waals surface area contributed by atoms with Crippen molar-refractivity contribution in [2.75, 3.05) is 19.8 Å². The number of hydrogen-bond acceptors (Lipinski definition) is 5. The van der Waals surface area contributed by atoms with Crippen molar-refractivity contribution in [3.63, 3.8) is 0 Å². The number of benzene rings is 1. The topological polar surface area (TPSA) is 61.8 Å². The third-order valence-electron chi connectivity index (χ3n) is 2.57. The highest BCUT2D eigenvalue weighted by molar-refractivity contribution is 5.89. The molecule has 1 aromatic carbocycles. The highest BCUT2D eigenvalue weighted by atomic mass is 16.6. The van der Waals surface area contributed by atoms with E-state index in [1.807, 2.05) is 54.5 Å². The SMILES string of the molecule is CC.CC.CC(C)(C)OC(=O)COCCCCOC(=O)c1ccccc1. The zero-order valence-corrected chi connectivity index (χ0v) is 17.5. The van der Waals surface area contributed by atoms with Gasteiger partial charge in [0.25, 0.3) is 0 Å². The Kier molecular flexibility index (Phi) is 16.8. The van der Waals surface area contributed by atoms with E-state index in [0.717, 1.165) is 0 Å². The van der Waals surface area contributed by atoms with E-state index in [-0.39, 0.29) is 18.5 Å². The fourth-order valence-corrected chi connectivity index (χ4v) is 1.66. The maximum Gasteiger partial charge on any atom is 0.338 e. The predicted molar refractivity (Wildman–Crippen MR) is 105 cm³/mol. The molecule has 0 atom stereocenters. The van der Waals surface area contributed by atoms with E-state index in [1.54, 1.807) is 24.3 Å². The van der Waals surface area contributed by atoms with Crippen LogP contribution in [-0.4, -0.2) is 37.4 Å². The fourth-order valence-electron chi connectivity index (χ4n) is 1.66. The Balaban J connectivity index is 0. The van der Waals surface area contributed by atoms with E-state index < -0.39 is 5.60 Å². The van der Waals surface area contributed by atoms with Crippen LogP contribution in [0.1, 0.15) is 71.7 Å². The molecular formula is C21H36O5. The van der Waals surface area contributed by atoms with Crippen molar-refractivity contribution >= 4 is 11.9 Å². The van der Waals surface area contributed by atoms with Crippen LogP contribution in [0.15, 0.2) is 30.3 Å². The Morgan fingerprint density at radius 2 is 1.42 bits per heavy atom. The number of ether oxygens (including phenoxy) is 3. The number of unbranched alkanes of at least 4 members (excludes halogenated alkanes) is 1. The van der Waals surface area contributed by atoms with Crippen LogP contribution in [0.2, 0.25) is 0 Å². The van der Waals surface area contributed by atoms with Gasteiger partial charge in [-0.3, -0.25) is 0 Å². The summed E-state index contributed by atoms with van der Waals surface area (Å²) in [4.78, 5) is 23.0. The molecule has 0 aromatic heterocycles. The van der Waals surface area contributed by atoms with Crippen LogP contribution in [0, 0.1) is 0 Å². The first-order valence-electron chi connectivity index (χ1n) is 9.40. The van der Waals surface area contributed by atoms with Crippen molar-refractivity contribution in [3.05, 3.63) is 35.9 Å². The molecule has 0 aliphatic carbocycles. The Morgan fingerprint density at radius 1 is 0.885 bits per heavy atom. The summed E-state index contributed by atoms with van der Waals surface area (Å²) in [5, 5.41) is 0. The van der Waals surface area contributed by atoms with Crippen molar-refractivity contribution in [1.82, 2.24) is 0 Å². The molecule has 5 heteroatoms. The molecule has 5 nitrogen and oxygen atoms in total. The smallest absolute Gasteiger partial charge is 0.338 e. The second-order valence-corrected chi connectivity index (χ2v) is 5.85. The molecule has 0 heterocycles. The standard InChI is InChI=1S/C17H24O5.2C2H6/c1-17(2,3)22-15(18)13-20-11-7-8-12-21-16(19)14-9-5-4-6-10-14;2*1-2/h4-6,9-10H,7-8,11-13H2,1-3H3;2*1-2H3. The van der Waals surface area contributed by atoms with Crippen LogP contribution in [0.4, 0.5) is 0 Å². The summed E-state index contributed by atoms with van der Waals surface area (Å²) in [6, 6.07) is 8.86. The van der Waals surface area contributed by atoms with Crippen LogP contribution in [0.25, 0.3) is 0 Å². The molecule has 0 aliphatic rings. The highest BCUT2D eigenvalue weighted by Crippen LogP contribution is 2.07. The highest BCUT2D eigenvalue weighted by Gasteiger charge is 2.15. The molecule has 1 rings (SSSR count). The minimum absolute atomic E-state index is 0.0545. The van der Waals surface area contributed by atoms with Crippen molar-refractivity contribution in [2.24, 2.45) is 0 Å². The molecule has 0 saturated heterocycles. The molecule has 0 spiro atoms. The molecular weight excluding hydrogens is 332 g/mol. The zero-order chi connectivity index (χ0) is 20.4. The maximum atomic E-state index is 11.6. The van der Waals surface area contributed by atoms with E-state index in [2.05, 4.69) is 0 Å². The second-order valence-electron chi connectivity index (χ2n) is 5.85. The summed E-state index contributed by atoms with van der Waals surface area (Å²) in [7, 11) is 0. The van der Waals surface area contributed by atoms with Gasteiger partial charge >= 0.3 is 11.9 Å². The molecule has 0 fully saturated rings. The minimum atomic E-state index is -0.494. The summed E-state index contributed by atoms with van der Waals surface area (Å²) >= 11 is 0. The van der Waals surface area contributed by atoms with Crippen molar-refractivity contribution in [2.45, 2.75) is 66.9 Å². The molecule has 1 aromatic rings. The molecule has 0 N–H and O–H groups in total. The van der Waals surface area contributed by atoms with Gasteiger partial charge in [-0.1, -0.05) is 45.9 Å². The molecule has 0 amide bonds. The number of esters is 2. The lowest BCUT2D eigenvalue weighted by Crippen LogP contribution is -2.26. The fraction of sp³-hybridized carbons (Fsp3) is 0.619. The number of carbonyl (C=O) groups is 2. The van der Waals surface area contributed by atoms with E-state index in [0.29, 0.717) is 31.6 Å². The molecule has 26 heavy (non-hydrogen) atoms. The van der Waals surface area contributed by atoms with Gasteiger partial charge in [0.05, 0.1) is 12.2 Å². The second kappa shape index (κ2) is 16.6. The van der Waals surface area contributed by atoms with E-state index in [4.69, 9.17) is 14.2 Å². The molecule has 150 valence electrons. The maximum absolute atomic E-state index is 11.6. The number of rotatable bonds is 8. The van der Waals surface area contributed by atoms with Crippen LogP contribution in [0.5, 0.6) is 0 Å². The van der Waals surface area contributed by atoms with Gasteiger partial charge in [0, 0.05) is 6.61 Å². The minimum Gasteiger partial charge on any atom is -0.462 e. The van der Waals surface area contributed by atoms with Gasteiger partial charge in [0.1, 0.15) is 12.2 Å². The van der Waals surface area contributed by atoms with Gasteiger partial charge < -0.3 is 14.2 Å². The normalized spacial score (nSPS) is 9.81. The van der Waals surface area contributed by atoms with Crippen molar-refractivity contribution in [3.8, 4) is 0 Å². The van der Waals surface area contributed by atoms with Crippen LogP contribution in [0.3, 0.4) is 0 Å². The van der Waals surface area contributed by atoms with Gasteiger partial charge in [-0.05, 0) is 45.7 Å². The first-order chi connectivity index (χ1) is 12.4. The molecule has 0 aliphatic heterocycles. The first-order valence-corrected chi connectivity index (χ1v) is 9.40. The molecule has 0 unspecified atom stereocenters. The van der Waals surface area contributed by atoms with Crippen molar-refractivity contribution in [1.29, 1.82) is 0 Å². The summed E-state index contributed by atoms with van der Waals surface area (Å²) in [6.45, 7) is 14.1. The van der Waals surface area contributed by atoms with E-state index in [1.165, 1.54) is 0 Å². The predicted octanol–water partition coefficient (Wildman–Crippen LogP) is 5.03. The van der Waals surface area contributed by atoms with E-state index in [9.17, 15) is 9.59 Å². The summed E-state index contributed by atoms with van der Waals surface area (Å²) in [5.74, 6) is -0.696. The summed E-state index contributed by atoms with van der Waals surface area (Å²) < 4.78 is 15.5. The van der Waals surface area contributed by atoms with Gasteiger partial charge in [0.2, 0.25) is 0 Å². The first kappa shape index (κ1) is 26.4. The van der Waals surface area contributed by atoms with E-state index >= 15 is 0 Å². The average Bonchev–Trinajstić information content (AvgIpc) is 2.63. The van der Waals surface area contributed by atoms with Gasteiger partial charge in [-0.25, -0.2) is 9.59 Å². The van der Waals surface area contributed by atoms with Crippen LogP contribution >= 0.6 is 0 Å². The average molecular weight is 369 g/mol. The van der Waals surface area contributed by atoms with Crippen LogP contribution in [-0.2, 0) is 19.0 Å². The lowest BCUT2D eigenvalue weighted by Gasteiger charge is -2.19. The van der Waals surface area contributed by atoms with Gasteiger partial charge in [0.15, 0.2) is 0 Å². The Bertz CT molecular complexity index is 463.